The molecule has 1 aromatic carbocycles. The Morgan fingerprint density at radius 3 is 2.77 bits per heavy atom. The van der Waals surface area contributed by atoms with Crippen LogP contribution in [-0.2, 0) is 0 Å². The molecule has 0 bridgehead atoms. The van der Waals surface area contributed by atoms with Gasteiger partial charge in [0, 0.05) is 12.2 Å². The summed E-state index contributed by atoms with van der Waals surface area (Å²) >= 11 is 0. The van der Waals surface area contributed by atoms with E-state index in [4.69, 9.17) is 0 Å². The normalized spacial score (nSPS) is 21.4. The average molecular weight is 302 g/mol. The lowest BCUT2D eigenvalue weighted by atomic mass is 10.0. The maximum absolute atomic E-state index is 13.5. The molecular formula is C17H19FN2O2. The summed E-state index contributed by atoms with van der Waals surface area (Å²) in [7, 11) is 0. The number of H-pyrrole nitrogens is 1. The number of carbonyl (C=O) groups excluding carboxylic acids is 1. The number of β-amino-alcohol motifs (C(OH)–C–C–N with tert-alkyl or cyclic N) is 1. The fourth-order valence-corrected chi connectivity index (χ4v) is 3.16. The second kappa shape index (κ2) is 5.57. The van der Waals surface area contributed by atoms with Crippen molar-refractivity contribution < 1.29 is 14.3 Å². The van der Waals surface area contributed by atoms with E-state index >= 15 is 0 Å². The number of aromatic amines is 1. The topological polar surface area (TPSA) is 56.3 Å². The first-order valence-electron chi connectivity index (χ1n) is 7.36. The van der Waals surface area contributed by atoms with E-state index in [2.05, 4.69) is 4.98 Å². The average Bonchev–Trinajstić information content (AvgIpc) is 3.01. The number of aliphatic hydroxyl groups excluding tert-OH is 1. The first-order valence-corrected chi connectivity index (χ1v) is 7.36. The van der Waals surface area contributed by atoms with Crippen molar-refractivity contribution in [1.29, 1.82) is 0 Å². The molecular weight excluding hydrogens is 283 g/mol. The predicted octanol–water partition coefficient (Wildman–Crippen LogP) is 2.72. The second-order valence-corrected chi connectivity index (χ2v) is 5.93. The Balaban J connectivity index is 1.94. The number of hydrogen-bond donors (Lipinski definition) is 2. The molecule has 0 unspecified atom stereocenters. The SMILES string of the molecule is Cc1cc(C)c(C(=O)N2C[C@@H](O)C[C@H]2c2cccc(F)c2)[nH]1. The van der Waals surface area contributed by atoms with Crippen LogP contribution >= 0.6 is 0 Å². The number of aryl methyl sites for hydroxylation is 2. The quantitative estimate of drug-likeness (QED) is 0.896. The zero-order valence-corrected chi connectivity index (χ0v) is 12.6. The van der Waals surface area contributed by atoms with Gasteiger partial charge in [0.1, 0.15) is 11.5 Å². The summed E-state index contributed by atoms with van der Waals surface area (Å²) < 4.78 is 13.5. The molecule has 3 rings (SSSR count). The molecule has 2 heterocycles. The van der Waals surface area contributed by atoms with Crippen LogP contribution in [0.3, 0.4) is 0 Å². The molecule has 0 saturated carbocycles. The van der Waals surface area contributed by atoms with Crippen molar-refractivity contribution in [2.24, 2.45) is 0 Å². The van der Waals surface area contributed by atoms with Crippen molar-refractivity contribution in [2.45, 2.75) is 32.4 Å². The van der Waals surface area contributed by atoms with Crippen molar-refractivity contribution in [3.8, 4) is 0 Å². The zero-order chi connectivity index (χ0) is 15.9. The van der Waals surface area contributed by atoms with Gasteiger partial charge in [0.2, 0.25) is 0 Å². The van der Waals surface area contributed by atoms with Gasteiger partial charge in [0.25, 0.3) is 5.91 Å². The van der Waals surface area contributed by atoms with Crippen LogP contribution in [0.15, 0.2) is 30.3 Å². The molecule has 0 radical (unpaired) electrons. The number of rotatable bonds is 2. The van der Waals surface area contributed by atoms with Crippen LogP contribution in [0.5, 0.6) is 0 Å². The van der Waals surface area contributed by atoms with Gasteiger partial charge < -0.3 is 15.0 Å². The maximum atomic E-state index is 13.5. The molecule has 1 fully saturated rings. The number of likely N-dealkylation sites (tertiary alicyclic amines) is 1. The van der Waals surface area contributed by atoms with Crippen molar-refractivity contribution in [3.05, 3.63) is 58.7 Å². The number of aromatic nitrogens is 1. The van der Waals surface area contributed by atoms with Gasteiger partial charge in [-0.1, -0.05) is 12.1 Å². The summed E-state index contributed by atoms with van der Waals surface area (Å²) in [6, 6.07) is 7.83. The summed E-state index contributed by atoms with van der Waals surface area (Å²) in [5, 5.41) is 9.97. The Hall–Kier alpha value is -2.14. The van der Waals surface area contributed by atoms with Gasteiger partial charge in [-0.2, -0.15) is 0 Å². The molecule has 5 heteroatoms. The summed E-state index contributed by atoms with van der Waals surface area (Å²) in [6.07, 6.45) is -0.165. The fourth-order valence-electron chi connectivity index (χ4n) is 3.16. The molecule has 2 atom stereocenters. The third-order valence-electron chi connectivity index (χ3n) is 4.14. The van der Waals surface area contributed by atoms with Crippen LogP contribution in [0.25, 0.3) is 0 Å². The minimum atomic E-state index is -0.589. The highest BCUT2D eigenvalue weighted by molar-refractivity contribution is 5.94. The molecule has 1 aliphatic heterocycles. The maximum Gasteiger partial charge on any atom is 0.271 e. The number of carbonyl (C=O) groups is 1. The standard InChI is InChI=1S/C17H19FN2O2/c1-10-6-11(2)19-16(10)17(22)20-9-14(21)8-15(20)12-4-3-5-13(18)7-12/h3-7,14-15,19,21H,8-9H2,1-2H3/t14-,15-/m0/s1. The van der Waals surface area contributed by atoms with Crippen LogP contribution in [0.1, 0.15) is 39.8 Å². The summed E-state index contributed by atoms with van der Waals surface area (Å²) in [4.78, 5) is 17.5. The van der Waals surface area contributed by atoms with Gasteiger partial charge in [0.15, 0.2) is 0 Å². The molecule has 1 saturated heterocycles. The Bertz CT molecular complexity index is 710. The minimum absolute atomic E-state index is 0.156. The molecule has 4 nitrogen and oxygen atoms in total. The van der Waals surface area contributed by atoms with Crippen molar-refractivity contribution in [2.75, 3.05) is 6.54 Å². The lowest BCUT2D eigenvalue weighted by molar-refractivity contribution is 0.0709. The van der Waals surface area contributed by atoms with Crippen LogP contribution in [-0.4, -0.2) is 33.5 Å². The molecule has 1 amide bonds. The summed E-state index contributed by atoms with van der Waals surface area (Å²) in [6.45, 7) is 4.03. The third-order valence-corrected chi connectivity index (χ3v) is 4.14. The Morgan fingerprint density at radius 1 is 1.36 bits per heavy atom. The van der Waals surface area contributed by atoms with Crippen LogP contribution in [0.4, 0.5) is 4.39 Å². The zero-order valence-electron chi connectivity index (χ0n) is 12.6. The lowest BCUT2D eigenvalue weighted by Gasteiger charge is -2.24. The van der Waals surface area contributed by atoms with E-state index < -0.39 is 6.10 Å². The number of benzene rings is 1. The molecule has 2 N–H and O–H groups in total. The van der Waals surface area contributed by atoms with Gasteiger partial charge in [-0.25, -0.2) is 4.39 Å². The van der Waals surface area contributed by atoms with Gasteiger partial charge >= 0.3 is 0 Å². The lowest BCUT2D eigenvalue weighted by Crippen LogP contribution is -2.32. The van der Waals surface area contributed by atoms with E-state index in [0.29, 0.717) is 17.7 Å². The van der Waals surface area contributed by atoms with Gasteiger partial charge in [-0.15, -0.1) is 0 Å². The van der Waals surface area contributed by atoms with Crippen LogP contribution < -0.4 is 0 Å². The van der Waals surface area contributed by atoms with Gasteiger partial charge in [0.05, 0.1) is 12.1 Å². The first-order chi connectivity index (χ1) is 10.5. The molecule has 22 heavy (non-hydrogen) atoms. The summed E-state index contributed by atoms with van der Waals surface area (Å²) in [5.74, 6) is -0.491. The number of nitrogens with one attached hydrogen (secondary N) is 1. The number of halogens is 1. The highest BCUT2D eigenvalue weighted by Gasteiger charge is 2.36. The monoisotopic (exact) mass is 302 g/mol. The first kappa shape index (κ1) is 14.8. The van der Waals surface area contributed by atoms with E-state index in [1.165, 1.54) is 12.1 Å². The van der Waals surface area contributed by atoms with Crippen molar-refractivity contribution >= 4 is 5.91 Å². The van der Waals surface area contributed by atoms with Gasteiger partial charge in [-0.05, 0) is 49.6 Å². The van der Waals surface area contributed by atoms with Crippen LogP contribution in [0.2, 0.25) is 0 Å². The number of amides is 1. The van der Waals surface area contributed by atoms with E-state index in [1.54, 1.807) is 17.0 Å². The minimum Gasteiger partial charge on any atom is -0.391 e. The number of nitrogens with zero attached hydrogens (tertiary/aromatic N) is 1. The van der Waals surface area contributed by atoms with E-state index in [9.17, 15) is 14.3 Å². The molecule has 0 aliphatic carbocycles. The van der Waals surface area contributed by atoms with Crippen LogP contribution in [0, 0.1) is 19.7 Å². The molecule has 1 aromatic heterocycles. The van der Waals surface area contributed by atoms with E-state index in [-0.39, 0.29) is 24.3 Å². The largest absolute Gasteiger partial charge is 0.391 e. The predicted molar refractivity (Wildman–Crippen MR) is 81.1 cm³/mol. The fraction of sp³-hybridized carbons (Fsp3) is 0.353. The number of hydrogen-bond acceptors (Lipinski definition) is 2. The molecule has 2 aromatic rings. The Kier molecular flexibility index (Phi) is 3.74. The number of aliphatic hydroxyl groups is 1. The second-order valence-electron chi connectivity index (χ2n) is 5.93. The van der Waals surface area contributed by atoms with Crippen molar-refractivity contribution in [1.82, 2.24) is 9.88 Å². The molecule has 0 spiro atoms. The van der Waals surface area contributed by atoms with E-state index in [1.807, 2.05) is 19.9 Å². The molecule has 116 valence electrons. The Labute approximate surface area is 128 Å². The Morgan fingerprint density at radius 2 is 2.14 bits per heavy atom. The van der Waals surface area contributed by atoms with Gasteiger partial charge in [-0.3, -0.25) is 4.79 Å². The van der Waals surface area contributed by atoms with Crippen molar-refractivity contribution in [3.63, 3.8) is 0 Å². The highest BCUT2D eigenvalue weighted by Crippen LogP contribution is 2.34. The van der Waals surface area contributed by atoms with E-state index in [0.717, 1.165) is 11.3 Å². The third kappa shape index (κ3) is 2.64. The summed E-state index contributed by atoms with van der Waals surface area (Å²) in [5.41, 5.74) is 3.05. The smallest absolute Gasteiger partial charge is 0.271 e. The highest BCUT2D eigenvalue weighted by atomic mass is 19.1. The molecule has 1 aliphatic rings.